The highest BCUT2D eigenvalue weighted by Gasteiger charge is 2.19. The van der Waals surface area contributed by atoms with Gasteiger partial charge in [0.1, 0.15) is 67.0 Å². The van der Waals surface area contributed by atoms with Crippen molar-refractivity contribution in [3.8, 4) is 0 Å². The summed E-state index contributed by atoms with van der Waals surface area (Å²) in [5.41, 5.74) is 14.5. The molecule has 15 aromatic rings. The predicted octanol–water partition coefficient (Wildman–Crippen LogP) is 17.4. The molecular weight excluding hydrogens is 781 g/mol. The van der Waals surface area contributed by atoms with Crippen LogP contribution in [-0.2, 0) is 0 Å². The summed E-state index contributed by atoms with van der Waals surface area (Å²) >= 11 is 0. The molecule has 63 heavy (non-hydrogen) atoms. The maximum absolute atomic E-state index is 6.13. The van der Waals surface area contributed by atoms with Crippen molar-refractivity contribution < 1.29 is 26.5 Å². The van der Waals surface area contributed by atoms with Crippen LogP contribution in [0.4, 0.5) is 0 Å². The van der Waals surface area contributed by atoms with E-state index in [1.807, 2.05) is 78.9 Å². The third kappa shape index (κ3) is 5.38. The summed E-state index contributed by atoms with van der Waals surface area (Å²) in [6.45, 7) is 6.24. The molecule has 0 saturated heterocycles. The number of para-hydroxylation sites is 6. The molecule has 0 unspecified atom stereocenters. The van der Waals surface area contributed by atoms with Gasteiger partial charge in [-0.15, -0.1) is 0 Å². The average molecular weight is 817 g/mol. The first-order chi connectivity index (χ1) is 30.9. The fraction of sp³-hybridized carbons (Fsp3) is 0.0526. The van der Waals surface area contributed by atoms with Gasteiger partial charge in [0.25, 0.3) is 0 Å². The highest BCUT2D eigenvalue weighted by atomic mass is 16.4. The van der Waals surface area contributed by atoms with Gasteiger partial charge in [-0.2, -0.15) is 0 Å². The van der Waals surface area contributed by atoms with E-state index in [2.05, 4.69) is 106 Å². The second-order valence-electron chi connectivity index (χ2n) is 16.5. The minimum Gasteiger partial charge on any atom is -0.456 e. The molecule has 6 nitrogen and oxygen atoms in total. The molecule has 300 valence electrons. The molecule has 0 amide bonds. The van der Waals surface area contributed by atoms with E-state index in [0.717, 1.165) is 148 Å². The Kier molecular flexibility index (Phi) is 7.55. The van der Waals surface area contributed by atoms with E-state index >= 15 is 0 Å². The summed E-state index contributed by atoms with van der Waals surface area (Å²) in [6, 6.07) is 55.6. The van der Waals surface area contributed by atoms with Crippen molar-refractivity contribution in [3.05, 3.63) is 180 Å². The Bertz CT molecular complexity index is 4290. The van der Waals surface area contributed by atoms with Crippen LogP contribution in [0.1, 0.15) is 16.7 Å². The fourth-order valence-electron chi connectivity index (χ4n) is 9.54. The summed E-state index contributed by atoms with van der Waals surface area (Å²) in [5, 5.41) is 13.6. The van der Waals surface area contributed by atoms with E-state index in [1.54, 1.807) is 0 Å². The second-order valence-corrected chi connectivity index (χ2v) is 16.5. The van der Waals surface area contributed by atoms with Crippen LogP contribution in [0.25, 0.3) is 132 Å². The van der Waals surface area contributed by atoms with Gasteiger partial charge in [0.05, 0.1) is 5.39 Å². The molecule has 0 atom stereocenters. The fourth-order valence-corrected chi connectivity index (χ4v) is 9.54. The number of hydrogen-bond acceptors (Lipinski definition) is 6. The zero-order valence-corrected chi connectivity index (χ0v) is 34.5. The number of rotatable bonds is 0. The van der Waals surface area contributed by atoms with Gasteiger partial charge >= 0.3 is 0 Å². The standard InChI is InChI=1S/3C19H12O2/c1-11-10-14-12-6-2-4-8-15(12)21-19(14)17-13-7-3-5-9-16(13)20-18(11)17;1-11-5-4-7-13-15-10-17-14(9-18(15)21-19(11)13)12-6-2-3-8-16(12)20-17;1-11-5-4-7-13-15-9-14-12-6-2-3-8-16(12)20-17(14)10-18(15)21-19(11)13/h3*2-10H,1H3. The van der Waals surface area contributed by atoms with Crippen LogP contribution in [-0.4, -0.2) is 0 Å². The highest BCUT2D eigenvalue weighted by molar-refractivity contribution is 6.23. The zero-order chi connectivity index (χ0) is 41.9. The lowest BCUT2D eigenvalue weighted by Gasteiger charge is -1.96. The van der Waals surface area contributed by atoms with Crippen LogP contribution in [0.2, 0.25) is 0 Å². The van der Waals surface area contributed by atoms with Gasteiger partial charge in [0, 0.05) is 65.3 Å². The van der Waals surface area contributed by atoms with Crippen LogP contribution < -0.4 is 0 Å². The third-order valence-electron chi connectivity index (χ3n) is 12.6. The van der Waals surface area contributed by atoms with Gasteiger partial charge in [-0.05, 0) is 86.0 Å². The SMILES string of the molecule is Cc1cc2c3ccccc3oc2c2c1oc1ccccc12.Cc1cccc2c1oc1cc3c(cc12)oc1ccccc13.Cc1cccc2c1oc1cc3oc4ccccc4c3cc12. The summed E-state index contributed by atoms with van der Waals surface area (Å²) in [4.78, 5) is 0. The van der Waals surface area contributed by atoms with Gasteiger partial charge in [-0.25, -0.2) is 0 Å². The molecule has 0 radical (unpaired) electrons. The maximum atomic E-state index is 6.13. The number of benzene rings is 9. The summed E-state index contributed by atoms with van der Waals surface area (Å²) in [5.74, 6) is 0. The Morgan fingerprint density at radius 2 is 0.603 bits per heavy atom. The van der Waals surface area contributed by atoms with Crippen LogP contribution >= 0.6 is 0 Å². The molecule has 0 saturated carbocycles. The van der Waals surface area contributed by atoms with E-state index in [1.165, 1.54) is 0 Å². The van der Waals surface area contributed by atoms with Crippen LogP contribution in [0, 0.1) is 20.8 Å². The number of aryl methyl sites for hydroxylation is 3. The van der Waals surface area contributed by atoms with Crippen molar-refractivity contribution in [1.29, 1.82) is 0 Å². The molecule has 0 N–H and O–H groups in total. The zero-order valence-electron chi connectivity index (χ0n) is 34.5. The largest absolute Gasteiger partial charge is 0.456 e. The Morgan fingerprint density at radius 3 is 1.21 bits per heavy atom. The smallest absolute Gasteiger partial charge is 0.147 e. The molecule has 0 fully saturated rings. The van der Waals surface area contributed by atoms with E-state index in [9.17, 15) is 0 Å². The first-order valence-electron chi connectivity index (χ1n) is 21.1. The van der Waals surface area contributed by atoms with Crippen LogP contribution in [0.15, 0.2) is 190 Å². The first-order valence-corrected chi connectivity index (χ1v) is 21.1. The van der Waals surface area contributed by atoms with Gasteiger partial charge in [-0.3, -0.25) is 0 Å². The summed E-state index contributed by atoms with van der Waals surface area (Å²) in [6.07, 6.45) is 0. The quantitative estimate of drug-likeness (QED) is 0.152. The summed E-state index contributed by atoms with van der Waals surface area (Å²) < 4.78 is 36.1. The molecule has 0 spiro atoms. The van der Waals surface area contributed by atoms with Crippen molar-refractivity contribution in [2.45, 2.75) is 20.8 Å². The van der Waals surface area contributed by atoms with E-state index in [4.69, 9.17) is 26.5 Å². The molecule has 6 heteroatoms. The van der Waals surface area contributed by atoms with Gasteiger partial charge < -0.3 is 26.5 Å². The Hall–Kier alpha value is -8.22. The number of hydrogen-bond donors (Lipinski definition) is 0. The minimum atomic E-state index is 0.875. The molecule has 0 aliphatic carbocycles. The monoisotopic (exact) mass is 816 g/mol. The Morgan fingerprint density at radius 1 is 0.222 bits per heavy atom. The topological polar surface area (TPSA) is 78.8 Å². The van der Waals surface area contributed by atoms with Crippen molar-refractivity contribution in [2.24, 2.45) is 0 Å². The number of furan rings is 6. The molecule has 0 bridgehead atoms. The molecule has 0 aliphatic heterocycles. The van der Waals surface area contributed by atoms with Crippen LogP contribution in [0.5, 0.6) is 0 Å². The number of fused-ring (bicyclic) bond motifs is 19. The maximum Gasteiger partial charge on any atom is 0.147 e. The lowest BCUT2D eigenvalue weighted by Crippen LogP contribution is -1.75. The lowest BCUT2D eigenvalue weighted by atomic mass is 10.0. The van der Waals surface area contributed by atoms with Crippen molar-refractivity contribution in [3.63, 3.8) is 0 Å². The van der Waals surface area contributed by atoms with Crippen LogP contribution in [0.3, 0.4) is 0 Å². The minimum absolute atomic E-state index is 0.875. The van der Waals surface area contributed by atoms with Gasteiger partial charge in [-0.1, -0.05) is 109 Å². The Labute approximate surface area is 358 Å². The van der Waals surface area contributed by atoms with E-state index < -0.39 is 0 Å². The summed E-state index contributed by atoms with van der Waals surface area (Å²) in [7, 11) is 0. The lowest BCUT2D eigenvalue weighted by molar-refractivity contribution is 0.654. The first kappa shape index (κ1) is 35.5. The van der Waals surface area contributed by atoms with Crippen molar-refractivity contribution in [1.82, 2.24) is 0 Å². The van der Waals surface area contributed by atoms with Gasteiger partial charge in [0.2, 0.25) is 0 Å². The molecule has 15 rings (SSSR count). The third-order valence-corrected chi connectivity index (χ3v) is 12.6. The molecule has 0 aliphatic rings. The molecule has 6 aromatic heterocycles. The van der Waals surface area contributed by atoms with Gasteiger partial charge in [0.15, 0.2) is 0 Å². The van der Waals surface area contributed by atoms with Crippen molar-refractivity contribution in [2.75, 3.05) is 0 Å². The molecule has 9 aromatic carbocycles. The predicted molar refractivity (Wildman–Crippen MR) is 257 cm³/mol. The molecule has 6 heterocycles. The average Bonchev–Trinajstić information content (AvgIpc) is 4.16. The van der Waals surface area contributed by atoms with E-state index in [0.29, 0.717) is 0 Å². The normalized spacial score (nSPS) is 12.0. The highest BCUT2D eigenvalue weighted by Crippen LogP contribution is 2.42. The molecular formula is C57H36O6. The Balaban J connectivity index is 0.0000000957. The second kappa shape index (κ2) is 13.4. The van der Waals surface area contributed by atoms with Crippen molar-refractivity contribution >= 4 is 132 Å². The van der Waals surface area contributed by atoms with E-state index in [-0.39, 0.29) is 0 Å².